The van der Waals surface area contributed by atoms with Crippen LogP contribution in [0.15, 0.2) is 58.9 Å². The molecule has 2 N–H and O–H groups in total. The molecule has 4 rings (SSSR count). The van der Waals surface area contributed by atoms with Crippen LogP contribution in [0, 0.1) is 0 Å². The van der Waals surface area contributed by atoms with Crippen LogP contribution in [0.4, 0.5) is 11.5 Å². The first-order valence-corrected chi connectivity index (χ1v) is 8.09. The Kier molecular flexibility index (Phi) is 3.78. The molecule has 0 unspecified atom stereocenters. The average Bonchev–Trinajstić information content (AvgIpc) is 3.14. The van der Waals surface area contributed by atoms with E-state index >= 15 is 0 Å². The number of nitrogens with zero attached hydrogens (tertiary/aromatic N) is 5. The van der Waals surface area contributed by atoms with Gasteiger partial charge in [0.05, 0.1) is 11.2 Å². The Morgan fingerprint density at radius 2 is 1.67 bits per heavy atom. The van der Waals surface area contributed by atoms with Crippen LogP contribution in [0.25, 0.3) is 22.3 Å². The SMILES string of the molecule is Nc1nc(-c2ccccc2N=NN2CCCC2)nc2ccccc12. The Balaban J connectivity index is 1.76. The second-order valence-corrected chi connectivity index (χ2v) is 5.82. The molecule has 1 fully saturated rings. The van der Waals surface area contributed by atoms with Gasteiger partial charge in [-0.1, -0.05) is 29.5 Å². The Bertz CT molecular complexity index is 899. The van der Waals surface area contributed by atoms with Gasteiger partial charge in [-0.3, -0.25) is 5.01 Å². The van der Waals surface area contributed by atoms with Crippen molar-refractivity contribution in [1.29, 1.82) is 0 Å². The van der Waals surface area contributed by atoms with Gasteiger partial charge in [-0.25, -0.2) is 9.97 Å². The zero-order valence-corrected chi connectivity index (χ0v) is 13.3. The van der Waals surface area contributed by atoms with E-state index in [4.69, 9.17) is 5.73 Å². The fraction of sp³-hybridized carbons (Fsp3) is 0.222. The third-order valence-electron chi connectivity index (χ3n) is 4.14. The van der Waals surface area contributed by atoms with Gasteiger partial charge in [0.25, 0.3) is 0 Å². The maximum Gasteiger partial charge on any atom is 0.164 e. The molecule has 3 aromatic rings. The summed E-state index contributed by atoms with van der Waals surface area (Å²) < 4.78 is 0. The van der Waals surface area contributed by atoms with E-state index in [1.165, 1.54) is 12.8 Å². The van der Waals surface area contributed by atoms with Crippen LogP contribution in [0.3, 0.4) is 0 Å². The largest absolute Gasteiger partial charge is 0.383 e. The summed E-state index contributed by atoms with van der Waals surface area (Å²) in [5.41, 5.74) is 8.51. The highest BCUT2D eigenvalue weighted by Crippen LogP contribution is 2.30. The van der Waals surface area contributed by atoms with Gasteiger partial charge in [0.15, 0.2) is 5.82 Å². The minimum atomic E-state index is 0.474. The van der Waals surface area contributed by atoms with Crippen molar-refractivity contribution in [3.05, 3.63) is 48.5 Å². The first-order chi connectivity index (χ1) is 11.8. The lowest BCUT2D eigenvalue weighted by molar-refractivity contribution is 0.337. The van der Waals surface area contributed by atoms with E-state index in [0.717, 1.165) is 35.2 Å². The molecule has 0 bridgehead atoms. The minimum Gasteiger partial charge on any atom is -0.383 e. The minimum absolute atomic E-state index is 0.474. The Labute approximate surface area is 140 Å². The molecule has 1 aliphatic heterocycles. The van der Waals surface area contributed by atoms with Crippen LogP contribution in [0.5, 0.6) is 0 Å². The van der Waals surface area contributed by atoms with Crippen molar-refractivity contribution in [3.8, 4) is 11.4 Å². The molecular weight excluding hydrogens is 300 g/mol. The van der Waals surface area contributed by atoms with Crippen molar-refractivity contribution < 1.29 is 0 Å². The van der Waals surface area contributed by atoms with E-state index in [-0.39, 0.29) is 0 Å². The van der Waals surface area contributed by atoms with Gasteiger partial charge >= 0.3 is 0 Å². The van der Waals surface area contributed by atoms with Gasteiger partial charge in [-0.15, -0.1) is 5.11 Å². The number of aromatic nitrogens is 2. The average molecular weight is 318 g/mol. The van der Waals surface area contributed by atoms with Crippen molar-refractivity contribution in [2.75, 3.05) is 18.8 Å². The first-order valence-electron chi connectivity index (χ1n) is 8.09. The van der Waals surface area contributed by atoms with Gasteiger partial charge in [-0.2, -0.15) is 0 Å². The third-order valence-corrected chi connectivity index (χ3v) is 4.14. The van der Waals surface area contributed by atoms with E-state index in [9.17, 15) is 0 Å². The molecule has 24 heavy (non-hydrogen) atoms. The standard InChI is InChI=1S/C18H18N6/c19-17-13-7-1-3-9-15(13)20-18(21-17)14-8-2-4-10-16(14)22-23-24-11-5-6-12-24/h1-4,7-10H,5-6,11-12H2,(H2,19,20,21). The molecule has 2 heterocycles. The van der Waals surface area contributed by atoms with Crippen molar-refractivity contribution in [1.82, 2.24) is 15.0 Å². The number of hydrogen-bond donors (Lipinski definition) is 1. The Morgan fingerprint density at radius 1 is 0.917 bits per heavy atom. The number of nitrogens with two attached hydrogens (primary N) is 1. The summed E-state index contributed by atoms with van der Waals surface area (Å²) in [6.07, 6.45) is 2.34. The van der Waals surface area contributed by atoms with E-state index in [0.29, 0.717) is 11.6 Å². The summed E-state index contributed by atoms with van der Waals surface area (Å²) in [6, 6.07) is 15.5. The van der Waals surface area contributed by atoms with E-state index in [2.05, 4.69) is 20.3 Å². The predicted molar refractivity (Wildman–Crippen MR) is 94.7 cm³/mol. The van der Waals surface area contributed by atoms with Gasteiger partial charge < -0.3 is 5.73 Å². The van der Waals surface area contributed by atoms with Crippen molar-refractivity contribution >= 4 is 22.4 Å². The predicted octanol–water partition coefficient (Wildman–Crippen LogP) is 3.97. The van der Waals surface area contributed by atoms with E-state index in [1.54, 1.807) is 0 Å². The monoisotopic (exact) mass is 318 g/mol. The van der Waals surface area contributed by atoms with Crippen LogP contribution in [-0.4, -0.2) is 28.1 Å². The summed E-state index contributed by atoms with van der Waals surface area (Å²) in [5.74, 6) is 1.05. The number of nitrogen functional groups attached to an aromatic ring is 1. The second-order valence-electron chi connectivity index (χ2n) is 5.82. The second kappa shape index (κ2) is 6.23. The molecule has 0 atom stereocenters. The molecule has 0 saturated carbocycles. The highest BCUT2D eigenvalue weighted by atomic mass is 15.5. The quantitative estimate of drug-likeness (QED) is 0.741. The lowest BCUT2D eigenvalue weighted by Gasteiger charge is -2.09. The molecule has 120 valence electrons. The molecule has 6 nitrogen and oxygen atoms in total. The van der Waals surface area contributed by atoms with Gasteiger partial charge in [-0.05, 0) is 37.1 Å². The van der Waals surface area contributed by atoms with Crippen molar-refractivity contribution in [2.45, 2.75) is 12.8 Å². The molecule has 0 amide bonds. The molecule has 2 aromatic carbocycles. The van der Waals surface area contributed by atoms with Crippen LogP contribution in [0.2, 0.25) is 0 Å². The summed E-state index contributed by atoms with van der Waals surface area (Å²) in [5, 5.41) is 11.6. The summed E-state index contributed by atoms with van der Waals surface area (Å²) in [4.78, 5) is 9.10. The molecule has 1 aliphatic rings. The highest BCUT2D eigenvalue weighted by molar-refractivity contribution is 5.90. The van der Waals surface area contributed by atoms with Crippen LogP contribution >= 0.6 is 0 Å². The van der Waals surface area contributed by atoms with E-state index in [1.807, 2.05) is 53.5 Å². The number of hydrogen-bond acceptors (Lipinski definition) is 5. The zero-order chi connectivity index (χ0) is 16.4. The molecular formula is C18H18N6. The zero-order valence-electron chi connectivity index (χ0n) is 13.3. The smallest absolute Gasteiger partial charge is 0.164 e. The third kappa shape index (κ3) is 2.78. The van der Waals surface area contributed by atoms with Crippen molar-refractivity contribution in [3.63, 3.8) is 0 Å². The maximum atomic E-state index is 6.10. The van der Waals surface area contributed by atoms with Gasteiger partial charge in [0.2, 0.25) is 0 Å². The van der Waals surface area contributed by atoms with Gasteiger partial charge in [0, 0.05) is 24.0 Å². The molecule has 6 heteroatoms. The summed E-state index contributed by atoms with van der Waals surface area (Å²) >= 11 is 0. The first kappa shape index (κ1) is 14.6. The van der Waals surface area contributed by atoms with Crippen LogP contribution in [0.1, 0.15) is 12.8 Å². The Hall–Kier alpha value is -3.02. The lowest BCUT2D eigenvalue weighted by Crippen LogP contribution is -2.09. The summed E-state index contributed by atoms with van der Waals surface area (Å²) in [7, 11) is 0. The normalized spacial score (nSPS) is 14.8. The van der Waals surface area contributed by atoms with Crippen LogP contribution < -0.4 is 5.73 Å². The summed E-state index contributed by atoms with van der Waals surface area (Å²) in [6.45, 7) is 1.93. The molecule has 1 saturated heterocycles. The molecule has 0 spiro atoms. The van der Waals surface area contributed by atoms with E-state index < -0.39 is 0 Å². The van der Waals surface area contributed by atoms with Gasteiger partial charge in [0.1, 0.15) is 5.82 Å². The van der Waals surface area contributed by atoms with Crippen molar-refractivity contribution in [2.24, 2.45) is 10.3 Å². The fourth-order valence-corrected chi connectivity index (χ4v) is 2.87. The number of anilines is 1. The molecule has 0 aliphatic carbocycles. The van der Waals surface area contributed by atoms with Crippen LogP contribution in [-0.2, 0) is 0 Å². The number of benzene rings is 2. The Morgan fingerprint density at radius 3 is 2.54 bits per heavy atom. The number of para-hydroxylation sites is 1. The number of rotatable bonds is 3. The molecule has 0 radical (unpaired) electrons. The lowest BCUT2D eigenvalue weighted by atomic mass is 10.1. The maximum absolute atomic E-state index is 6.10. The molecule has 1 aromatic heterocycles. The fourth-order valence-electron chi connectivity index (χ4n) is 2.87. The number of fused-ring (bicyclic) bond motifs is 1. The highest BCUT2D eigenvalue weighted by Gasteiger charge is 2.12. The topological polar surface area (TPSA) is 79.8 Å².